The summed E-state index contributed by atoms with van der Waals surface area (Å²) in [6.07, 6.45) is 1.26. The van der Waals surface area contributed by atoms with E-state index in [1.807, 2.05) is 39.0 Å². The molecule has 0 fully saturated rings. The molecule has 0 aliphatic rings. The van der Waals surface area contributed by atoms with Gasteiger partial charge in [0.1, 0.15) is 5.75 Å². The minimum Gasteiger partial charge on any atom is -0.507 e. The van der Waals surface area contributed by atoms with E-state index in [2.05, 4.69) is 0 Å². The van der Waals surface area contributed by atoms with E-state index in [9.17, 15) is 10.2 Å². The number of aromatic hydroxyl groups is 1. The highest BCUT2D eigenvalue weighted by Gasteiger charge is 2.13. The van der Waals surface area contributed by atoms with Crippen LogP contribution in [0.5, 0.6) is 5.75 Å². The van der Waals surface area contributed by atoms with E-state index in [-0.39, 0.29) is 5.75 Å². The summed E-state index contributed by atoms with van der Waals surface area (Å²) >= 11 is 0. The summed E-state index contributed by atoms with van der Waals surface area (Å²) in [5.74, 6) is 0.259. The number of aryl methyl sites for hydroxylation is 2. The average Bonchev–Trinajstić information content (AvgIpc) is 2.13. The van der Waals surface area contributed by atoms with Gasteiger partial charge in [0.25, 0.3) is 0 Å². The van der Waals surface area contributed by atoms with Crippen LogP contribution in [0.25, 0.3) is 5.57 Å². The predicted molar refractivity (Wildman–Crippen MR) is 62.9 cm³/mol. The fourth-order valence-electron chi connectivity index (χ4n) is 1.80. The first kappa shape index (κ1) is 11.8. The quantitative estimate of drug-likeness (QED) is 0.781. The second-order valence-corrected chi connectivity index (χ2v) is 3.90. The van der Waals surface area contributed by atoms with E-state index >= 15 is 0 Å². The molecule has 1 atom stereocenters. The monoisotopic (exact) mass is 206 g/mol. The minimum atomic E-state index is -0.568. The lowest BCUT2D eigenvalue weighted by Crippen LogP contribution is -2.04. The fraction of sp³-hybridized carbons (Fsp3) is 0.385. The molecule has 0 heterocycles. The zero-order valence-electron chi connectivity index (χ0n) is 9.70. The van der Waals surface area contributed by atoms with Crippen molar-refractivity contribution in [1.82, 2.24) is 0 Å². The van der Waals surface area contributed by atoms with Gasteiger partial charge in [-0.05, 0) is 50.5 Å². The standard InChI is InChI=1S/C13H18O2/c1-5-11(10(4)14)12-7-8(2)6-9(3)13(12)15/h5-7,10,14-15H,1-4H3. The van der Waals surface area contributed by atoms with Gasteiger partial charge in [-0.25, -0.2) is 0 Å². The van der Waals surface area contributed by atoms with Gasteiger partial charge >= 0.3 is 0 Å². The number of aliphatic hydroxyl groups is 1. The largest absolute Gasteiger partial charge is 0.507 e. The molecule has 1 rings (SSSR count). The average molecular weight is 206 g/mol. The first-order chi connectivity index (χ1) is 6.97. The molecule has 0 amide bonds. The third kappa shape index (κ3) is 2.39. The summed E-state index contributed by atoms with van der Waals surface area (Å²) in [4.78, 5) is 0. The molecule has 1 aromatic rings. The van der Waals surface area contributed by atoms with Crippen LogP contribution in [0, 0.1) is 13.8 Å². The summed E-state index contributed by atoms with van der Waals surface area (Å²) in [6.45, 7) is 7.40. The van der Waals surface area contributed by atoms with E-state index in [1.54, 1.807) is 6.92 Å². The zero-order valence-corrected chi connectivity index (χ0v) is 9.70. The van der Waals surface area contributed by atoms with Crippen molar-refractivity contribution in [1.29, 1.82) is 0 Å². The molecular formula is C13H18O2. The van der Waals surface area contributed by atoms with Gasteiger partial charge in [0.15, 0.2) is 0 Å². The lowest BCUT2D eigenvalue weighted by molar-refractivity contribution is 0.252. The SMILES string of the molecule is CC=C(c1cc(C)cc(C)c1O)C(C)O. The number of phenolic OH excluding ortho intramolecular Hbond substituents is 1. The van der Waals surface area contributed by atoms with Crippen LogP contribution in [0.15, 0.2) is 18.2 Å². The Morgan fingerprint density at radius 2 is 1.93 bits per heavy atom. The molecule has 2 heteroatoms. The van der Waals surface area contributed by atoms with Crippen LogP contribution < -0.4 is 0 Å². The van der Waals surface area contributed by atoms with Gasteiger partial charge in [0.2, 0.25) is 0 Å². The second-order valence-electron chi connectivity index (χ2n) is 3.90. The molecule has 0 aliphatic heterocycles. The Bertz CT molecular complexity index is 390. The molecule has 1 aromatic carbocycles. The molecule has 0 aliphatic carbocycles. The highest BCUT2D eigenvalue weighted by Crippen LogP contribution is 2.31. The van der Waals surface area contributed by atoms with E-state index in [0.717, 1.165) is 22.3 Å². The maximum absolute atomic E-state index is 9.92. The summed E-state index contributed by atoms with van der Waals surface area (Å²) < 4.78 is 0. The van der Waals surface area contributed by atoms with Crippen molar-refractivity contribution in [2.75, 3.05) is 0 Å². The first-order valence-corrected chi connectivity index (χ1v) is 5.12. The highest BCUT2D eigenvalue weighted by atomic mass is 16.3. The van der Waals surface area contributed by atoms with Crippen molar-refractivity contribution >= 4 is 5.57 Å². The van der Waals surface area contributed by atoms with Crippen molar-refractivity contribution < 1.29 is 10.2 Å². The summed E-state index contributed by atoms with van der Waals surface area (Å²) in [7, 11) is 0. The number of hydrogen-bond donors (Lipinski definition) is 2. The Hall–Kier alpha value is -1.28. The first-order valence-electron chi connectivity index (χ1n) is 5.12. The van der Waals surface area contributed by atoms with Crippen LogP contribution in [-0.2, 0) is 0 Å². The van der Waals surface area contributed by atoms with Crippen LogP contribution in [0.4, 0.5) is 0 Å². The van der Waals surface area contributed by atoms with Crippen LogP contribution in [-0.4, -0.2) is 16.3 Å². The van der Waals surface area contributed by atoms with Crippen LogP contribution >= 0.6 is 0 Å². The molecule has 0 spiro atoms. The summed E-state index contributed by atoms with van der Waals surface area (Å²) in [5.41, 5.74) is 3.41. The lowest BCUT2D eigenvalue weighted by Gasteiger charge is -2.14. The molecular weight excluding hydrogens is 188 g/mol. The molecule has 82 valence electrons. The highest BCUT2D eigenvalue weighted by molar-refractivity contribution is 5.74. The second kappa shape index (κ2) is 4.49. The van der Waals surface area contributed by atoms with Gasteiger partial charge < -0.3 is 10.2 Å². The molecule has 0 saturated heterocycles. The maximum atomic E-state index is 9.92. The third-order valence-corrected chi connectivity index (χ3v) is 2.52. The predicted octanol–water partition coefficient (Wildman–Crippen LogP) is 2.79. The Balaban J connectivity index is 3.36. The molecule has 1 unspecified atom stereocenters. The van der Waals surface area contributed by atoms with Gasteiger partial charge in [-0.1, -0.05) is 12.1 Å². The maximum Gasteiger partial charge on any atom is 0.126 e. The number of allylic oxidation sites excluding steroid dienone is 1. The molecule has 2 N–H and O–H groups in total. The van der Waals surface area contributed by atoms with E-state index in [4.69, 9.17) is 0 Å². The third-order valence-electron chi connectivity index (χ3n) is 2.52. The Morgan fingerprint density at radius 1 is 1.33 bits per heavy atom. The van der Waals surface area contributed by atoms with Crippen LogP contribution in [0.3, 0.4) is 0 Å². The molecule has 2 nitrogen and oxygen atoms in total. The van der Waals surface area contributed by atoms with E-state index < -0.39 is 6.10 Å². The van der Waals surface area contributed by atoms with Gasteiger partial charge in [0, 0.05) is 5.56 Å². The number of phenols is 1. The Kier molecular flexibility index (Phi) is 3.53. The molecule has 0 saturated carbocycles. The Labute approximate surface area is 90.9 Å². The van der Waals surface area contributed by atoms with Crippen molar-refractivity contribution in [3.63, 3.8) is 0 Å². The molecule has 15 heavy (non-hydrogen) atoms. The van der Waals surface area contributed by atoms with Crippen LogP contribution in [0.2, 0.25) is 0 Å². The summed E-state index contributed by atoms with van der Waals surface area (Å²) in [5, 5.41) is 19.5. The number of rotatable bonds is 2. The van der Waals surface area contributed by atoms with Gasteiger partial charge in [-0.15, -0.1) is 0 Å². The van der Waals surface area contributed by atoms with Crippen molar-refractivity contribution in [2.24, 2.45) is 0 Å². The number of hydrogen-bond acceptors (Lipinski definition) is 2. The molecule has 0 bridgehead atoms. The Morgan fingerprint density at radius 3 is 2.40 bits per heavy atom. The number of aliphatic hydroxyl groups excluding tert-OH is 1. The number of benzene rings is 1. The van der Waals surface area contributed by atoms with E-state index in [1.165, 1.54) is 0 Å². The minimum absolute atomic E-state index is 0.259. The van der Waals surface area contributed by atoms with Crippen molar-refractivity contribution in [3.8, 4) is 5.75 Å². The van der Waals surface area contributed by atoms with Crippen LogP contribution in [0.1, 0.15) is 30.5 Å². The molecule has 0 aromatic heterocycles. The molecule has 0 radical (unpaired) electrons. The van der Waals surface area contributed by atoms with Gasteiger partial charge in [0.05, 0.1) is 6.10 Å². The lowest BCUT2D eigenvalue weighted by atomic mass is 9.96. The van der Waals surface area contributed by atoms with Crippen molar-refractivity contribution in [2.45, 2.75) is 33.8 Å². The summed E-state index contributed by atoms with van der Waals surface area (Å²) in [6, 6.07) is 3.82. The normalized spacial score (nSPS) is 14.1. The fourth-order valence-corrected chi connectivity index (χ4v) is 1.80. The van der Waals surface area contributed by atoms with Gasteiger partial charge in [-0.2, -0.15) is 0 Å². The van der Waals surface area contributed by atoms with Gasteiger partial charge in [-0.3, -0.25) is 0 Å². The van der Waals surface area contributed by atoms with E-state index in [0.29, 0.717) is 0 Å². The zero-order chi connectivity index (χ0) is 11.6. The van der Waals surface area contributed by atoms with Crippen molar-refractivity contribution in [3.05, 3.63) is 34.9 Å². The smallest absolute Gasteiger partial charge is 0.126 e. The topological polar surface area (TPSA) is 40.5 Å².